The summed E-state index contributed by atoms with van der Waals surface area (Å²) in [6, 6.07) is 4.16. The molecule has 0 saturated heterocycles. The zero-order valence-electron chi connectivity index (χ0n) is 8.98. The molecular weight excluding hydrogens is 251 g/mol. The predicted molar refractivity (Wildman–Crippen MR) is 54.9 cm³/mol. The van der Waals surface area contributed by atoms with Crippen LogP contribution in [0.4, 0.5) is 19.0 Å². The van der Waals surface area contributed by atoms with Crippen LogP contribution in [0.15, 0.2) is 18.3 Å². The Balaban J connectivity index is 3.01. The number of hydrogen-bond acceptors (Lipinski definition) is 4. The Bertz CT molecular complexity index is 482. The Morgan fingerprint density at radius 3 is 2.72 bits per heavy atom. The van der Waals surface area contributed by atoms with Gasteiger partial charge in [-0.1, -0.05) is 0 Å². The molecular formula is C10H8F3N3O2. The van der Waals surface area contributed by atoms with E-state index in [0.29, 0.717) is 4.90 Å². The molecule has 0 aliphatic heterocycles. The molecule has 96 valence electrons. The third-order valence-corrected chi connectivity index (χ3v) is 1.89. The zero-order chi connectivity index (χ0) is 13.8. The Labute approximate surface area is 100 Å². The highest BCUT2D eigenvalue weighted by Crippen LogP contribution is 2.20. The van der Waals surface area contributed by atoms with E-state index in [1.807, 2.05) is 0 Å². The van der Waals surface area contributed by atoms with Crippen LogP contribution in [-0.2, 0) is 4.79 Å². The average molecular weight is 259 g/mol. The van der Waals surface area contributed by atoms with Crippen molar-refractivity contribution in [1.82, 2.24) is 4.98 Å². The molecule has 0 spiro atoms. The largest absolute Gasteiger partial charge is 0.480 e. The van der Waals surface area contributed by atoms with Gasteiger partial charge in [0.2, 0.25) is 0 Å². The third-order valence-electron chi connectivity index (χ3n) is 1.89. The molecule has 0 unspecified atom stereocenters. The molecule has 0 atom stereocenters. The highest BCUT2D eigenvalue weighted by atomic mass is 19.4. The fourth-order valence-corrected chi connectivity index (χ4v) is 1.26. The van der Waals surface area contributed by atoms with Gasteiger partial charge in [0.15, 0.2) is 0 Å². The second-order valence-corrected chi connectivity index (χ2v) is 3.38. The number of nitrogens with zero attached hydrogens (tertiary/aromatic N) is 3. The fourth-order valence-electron chi connectivity index (χ4n) is 1.26. The van der Waals surface area contributed by atoms with E-state index in [2.05, 4.69) is 4.98 Å². The minimum absolute atomic E-state index is 0.109. The minimum Gasteiger partial charge on any atom is -0.480 e. The van der Waals surface area contributed by atoms with Gasteiger partial charge in [-0.2, -0.15) is 18.4 Å². The van der Waals surface area contributed by atoms with Gasteiger partial charge in [0, 0.05) is 6.20 Å². The zero-order valence-corrected chi connectivity index (χ0v) is 8.98. The Kier molecular flexibility index (Phi) is 4.09. The van der Waals surface area contributed by atoms with Crippen molar-refractivity contribution >= 4 is 11.8 Å². The molecule has 18 heavy (non-hydrogen) atoms. The van der Waals surface area contributed by atoms with Crippen LogP contribution in [0, 0.1) is 11.3 Å². The van der Waals surface area contributed by atoms with Gasteiger partial charge in [-0.25, -0.2) is 4.98 Å². The highest BCUT2D eigenvalue weighted by Gasteiger charge is 2.32. The topological polar surface area (TPSA) is 77.2 Å². The number of carboxylic acid groups (broad SMARTS) is 1. The van der Waals surface area contributed by atoms with E-state index in [0.717, 1.165) is 12.3 Å². The molecule has 1 aromatic heterocycles. The van der Waals surface area contributed by atoms with Gasteiger partial charge in [0.05, 0.1) is 11.6 Å². The summed E-state index contributed by atoms with van der Waals surface area (Å²) in [6.07, 6.45) is -3.40. The molecule has 0 aliphatic carbocycles. The lowest BCUT2D eigenvalue weighted by Gasteiger charge is -2.22. The molecule has 0 bridgehead atoms. The first-order valence-corrected chi connectivity index (χ1v) is 4.71. The third kappa shape index (κ3) is 4.29. The van der Waals surface area contributed by atoms with E-state index in [-0.39, 0.29) is 11.4 Å². The van der Waals surface area contributed by atoms with Crippen molar-refractivity contribution in [2.24, 2.45) is 0 Å². The van der Waals surface area contributed by atoms with Crippen LogP contribution in [0.1, 0.15) is 5.56 Å². The monoisotopic (exact) mass is 259 g/mol. The van der Waals surface area contributed by atoms with Gasteiger partial charge in [0.25, 0.3) is 0 Å². The van der Waals surface area contributed by atoms with E-state index >= 15 is 0 Å². The van der Waals surface area contributed by atoms with Crippen LogP contribution in [0.5, 0.6) is 0 Å². The molecule has 1 aromatic rings. The molecule has 0 aromatic carbocycles. The first-order valence-electron chi connectivity index (χ1n) is 4.71. The molecule has 0 radical (unpaired) electrons. The molecule has 0 saturated carbocycles. The van der Waals surface area contributed by atoms with Crippen LogP contribution >= 0.6 is 0 Å². The maximum absolute atomic E-state index is 12.3. The molecule has 1 heterocycles. The predicted octanol–water partition coefficient (Wildman–Crippen LogP) is 1.41. The summed E-state index contributed by atoms with van der Waals surface area (Å²) >= 11 is 0. The second-order valence-electron chi connectivity index (χ2n) is 3.38. The van der Waals surface area contributed by atoms with Crippen molar-refractivity contribution in [1.29, 1.82) is 5.26 Å². The van der Waals surface area contributed by atoms with E-state index in [4.69, 9.17) is 10.4 Å². The van der Waals surface area contributed by atoms with E-state index in [1.165, 1.54) is 6.07 Å². The Hall–Kier alpha value is -2.30. The fraction of sp³-hybridized carbons (Fsp3) is 0.300. The number of anilines is 1. The maximum Gasteiger partial charge on any atom is 0.405 e. The summed E-state index contributed by atoms with van der Waals surface area (Å²) in [5.74, 6) is -1.61. The van der Waals surface area contributed by atoms with E-state index in [9.17, 15) is 18.0 Å². The number of alkyl halides is 3. The first-order chi connectivity index (χ1) is 8.31. The number of pyridine rings is 1. The maximum atomic E-state index is 12.3. The number of carboxylic acids is 1. The van der Waals surface area contributed by atoms with E-state index in [1.54, 1.807) is 6.07 Å². The van der Waals surface area contributed by atoms with Crippen molar-refractivity contribution < 1.29 is 23.1 Å². The Morgan fingerprint density at radius 1 is 1.56 bits per heavy atom. The summed E-state index contributed by atoms with van der Waals surface area (Å²) in [5, 5.41) is 17.2. The number of nitriles is 1. The summed E-state index contributed by atoms with van der Waals surface area (Å²) < 4.78 is 36.9. The van der Waals surface area contributed by atoms with Gasteiger partial charge >= 0.3 is 12.1 Å². The number of halogens is 3. The number of carbonyl (C=O) groups is 1. The number of aromatic nitrogens is 1. The van der Waals surface area contributed by atoms with Gasteiger partial charge in [-0.15, -0.1) is 0 Å². The lowest BCUT2D eigenvalue weighted by atomic mass is 10.3. The van der Waals surface area contributed by atoms with Crippen molar-refractivity contribution in [2.75, 3.05) is 18.0 Å². The van der Waals surface area contributed by atoms with Crippen LogP contribution in [0.2, 0.25) is 0 Å². The molecule has 0 aliphatic rings. The van der Waals surface area contributed by atoms with Crippen LogP contribution < -0.4 is 4.90 Å². The standard InChI is InChI=1S/C10H8F3N3O2/c11-10(12,13)6-16(5-9(17)18)8-3-7(4-14)1-2-15-8/h1-3H,5-6H2,(H,17,18). The smallest absolute Gasteiger partial charge is 0.405 e. The number of rotatable bonds is 4. The average Bonchev–Trinajstić information content (AvgIpc) is 2.26. The molecule has 0 fully saturated rings. The molecule has 5 nitrogen and oxygen atoms in total. The van der Waals surface area contributed by atoms with Gasteiger partial charge < -0.3 is 10.0 Å². The summed E-state index contributed by atoms with van der Waals surface area (Å²) in [6.45, 7) is -2.29. The summed E-state index contributed by atoms with van der Waals surface area (Å²) in [4.78, 5) is 14.7. The SMILES string of the molecule is N#Cc1ccnc(N(CC(=O)O)CC(F)(F)F)c1. The van der Waals surface area contributed by atoms with Crippen molar-refractivity contribution in [2.45, 2.75) is 6.18 Å². The molecule has 1 N–H and O–H groups in total. The van der Waals surface area contributed by atoms with Gasteiger partial charge in [-0.3, -0.25) is 4.79 Å². The molecule has 1 rings (SSSR count). The number of aliphatic carboxylic acids is 1. The lowest BCUT2D eigenvalue weighted by molar-refractivity contribution is -0.136. The summed E-state index contributed by atoms with van der Waals surface area (Å²) in [5.41, 5.74) is 0.109. The van der Waals surface area contributed by atoms with Gasteiger partial charge in [-0.05, 0) is 12.1 Å². The van der Waals surface area contributed by atoms with Crippen molar-refractivity contribution in [3.63, 3.8) is 0 Å². The normalized spacial score (nSPS) is 10.8. The van der Waals surface area contributed by atoms with E-state index < -0.39 is 25.2 Å². The summed E-state index contributed by atoms with van der Waals surface area (Å²) in [7, 11) is 0. The second kappa shape index (κ2) is 5.35. The van der Waals surface area contributed by atoms with Crippen LogP contribution in [0.3, 0.4) is 0 Å². The number of hydrogen-bond donors (Lipinski definition) is 1. The quantitative estimate of drug-likeness (QED) is 0.884. The highest BCUT2D eigenvalue weighted by molar-refractivity contribution is 5.73. The van der Waals surface area contributed by atoms with Gasteiger partial charge in [0.1, 0.15) is 18.9 Å². The minimum atomic E-state index is -4.56. The lowest BCUT2D eigenvalue weighted by Crippen LogP contribution is -2.38. The molecule has 8 heteroatoms. The molecule has 0 amide bonds. The van der Waals surface area contributed by atoms with Crippen molar-refractivity contribution in [3.8, 4) is 6.07 Å². The first kappa shape index (κ1) is 13.8. The van der Waals surface area contributed by atoms with Crippen LogP contribution in [-0.4, -0.2) is 35.3 Å². The van der Waals surface area contributed by atoms with Crippen LogP contribution in [0.25, 0.3) is 0 Å². The Morgan fingerprint density at radius 2 is 2.22 bits per heavy atom. The van der Waals surface area contributed by atoms with Crippen molar-refractivity contribution in [3.05, 3.63) is 23.9 Å².